The molecule has 0 atom stereocenters. The average Bonchev–Trinajstić information content (AvgIpc) is 3.16. The number of amides is 1. The van der Waals surface area contributed by atoms with Crippen molar-refractivity contribution in [2.45, 2.75) is 20.4 Å². The van der Waals surface area contributed by atoms with E-state index in [1.165, 1.54) is 12.1 Å². The third-order valence-corrected chi connectivity index (χ3v) is 3.64. The summed E-state index contributed by atoms with van der Waals surface area (Å²) in [5.74, 6) is -7.60. The predicted molar refractivity (Wildman–Crippen MR) is 83.7 cm³/mol. The highest BCUT2D eigenvalue weighted by molar-refractivity contribution is 6.02. The normalized spacial score (nSPS) is 11.0. The van der Waals surface area contributed by atoms with Crippen molar-refractivity contribution < 1.29 is 26.8 Å². The van der Waals surface area contributed by atoms with Gasteiger partial charge in [0.1, 0.15) is 11.4 Å². The summed E-state index contributed by atoms with van der Waals surface area (Å²) in [4.78, 5) is 12.1. The van der Waals surface area contributed by atoms with Crippen LogP contribution in [0.5, 0.6) is 0 Å². The number of anilines is 1. The minimum atomic E-state index is -1.70. The first-order valence-electron chi connectivity index (χ1n) is 7.50. The number of carbonyl (C=O) groups is 1. The second-order valence-electron chi connectivity index (χ2n) is 5.65. The van der Waals surface area contributed by atoms with Crippen molar-refractivity contribution in [2.24, 2.45) is 0 Å². The van der Waals surface area contributed by atoms with E-state index in [-0.39, 0.29) is 18.4 Å². The molecule has 1 N–H and O–H groups in total. The molecule has 0 bridgehead atoms. The molecule has 0 unspecified atom stereocenters. The Morgan fingerprint density at radius 3 is 2.35 bits per heavy atom. The lowest BCUT2D eigenvalue weighted by Crippen LogP contribution is -2.15. The van der Waals surface area contributed by atoms with Crippen molar-refractivity contribution in [3.8, 4) is 0 Å². The van der Waals surface area contributed by atoms with Crippen LogP contribution in [-0.2, 0) is 6.54 Å². The van der Waals surface area contributed by atoms with E-state index in [2.05, 4.69) is 5.10 Å². The monoisotopic (exact) mass is 367 g/mol. The molecule has 0 radical (unpaired) electrons. The highest BCUT2D eigenvalue weighted by Gasteiger charge is 2.22. The number of carbonyl (C=O) groups excluding carboxylic acids is 1. The SMILES string of the molecule is Cc1cc(C)n(Cc2ccc(C(=O)Nc3c(F)c(F)cc(F)c3F)o2)n1. The molecule has 0 spiro atoms. The first-order chi connectivity index (χ1) is 12.3. The van der Waals surface area contributed by atoms with Crippen LogP contribution in [-0.4, -0.2) is 15.7 Å². The summed E-state index contributed by atoms with van der Waals surface area (Å²) >= 11 is 0. The Kier molecular flexibility index (Phi) is 4.54. The van der Waals surface area contributed by atoms with Gasteiger partial charge >= 0.3 is 0 Å². The van der Waals surface area contributed by atoms with E-state index in [4.69, 9.17) is 4.42 Å². The second kappa shape index (κ2) is 6.66. The third-order valence-electron chi connectivity index (χ3n) is 3.64. The Labute approximate surface area is 145 Å². The molecule has 26 heavy (non-hydrogen) atoms. The molecule has 0 saturated carbocycles. The molecule has 9 heteroatoms. The summed E-state index contributed by atoms with van der Waals surface area (Å²) in [6.45, 7) is 3.91. The van der Waals surface area contributed by atoms with E-state index in [1.54, 1.807) is 10.00 Å². The van der Waals surface area contributed by atoms with Gasteiger partial charge in [0.15, 0.2) is 29.0 Å². The fraction of sp³-hybridized carbons (Fsp3) is 0.176. The molecular weight excluding hydrogens is 354 g/mol. The number of hydrogen-bond acceptors (Lipinski definition) is 3. The van der Waals surface area contributed by atoms with Crippen LogP contribution in [0.1, 0.15) is 27.7 Å². The molecule has 0 aliphatic carbocycles. The Morgan fingerprint density at radius 2 is 1.77 bits per heavy atom. The smallest absolute Gasteiger partial charge is 0.291 e. The summed E-state index contributed by atoms with van der Waals surface area (Å²) in [7, 11) is 0. The average molecular weight is 367 g/mol. The highest BCUT2D eigenvalue weighted by atomic mass is 19.2. The summed E-state index contributed by atoms with van der Waals surface area (Å²) in [6, 6.07) is 4.69. The Hall–Kier alpha value is -3.10. The van der Waals surface area contributed by atoms with Gasteiger partial charge in [-0.15, -0.1) is 0 Å². The van der Waals surface area contributed by atoms with Gasteiger partial charge in [-0.1, -0.05) is 0 Å². The molecule has 5 nitrogen and oxygen atoms in total. The fourth-order valence-corrected chi connectivity index (χ4v) is 2.43. The second-order valence-corrected chi connectivity index (χ2v) is 5.65. The van der Waals surface area contributed by atoms with Crippen LogP contribution in [0.3, 0.4) is 0 Å². The van der Waals surface area contributed by atoms with E-state index < -0.39 is 34.9 Å². The van der Waals surface area contributed by atoms with Crippen molar-refractivity contribution in [1.82, 2.24) is 9.78 Å². The Bertz CT molecular complexity index is 968. The summed E-state index contributed by atoms with van der Waals surface area (Å²) in [5, 5.41) is 6.03. The molecule has 2 aromatic heterocycles. The van der Waals surface area contributed by atoms with Gasteiger partial charge in [0.05, 0.1) is 12.2 Å². The summed E-state index contributed by atoms with van der Waals surface area (Å²) in [5.41, 5.74) is 0.472. The van der Waals surface area contributed by atoms with Gasteiger partial charge in [-0.3, -0.25) is 9.48 Å². The highest BCUT2D eigenvalue weighted by Crippen LogP contribution is 2.25. The lowest BCUT2D eigenvalue weighted by molar-refractivity contribution is 0.0993. The van der Waals surface area contributed by atoms with Crippen LogP contribution in [0.2, 0.25) is 0 Å². The van der Waals surface area contributed by atoms with Crippen LogP contribution < -0.4 is 5.32 Å². The number of nitrogens with one attached hydrogen (secondary N) is 1. The van der Waals surface area contributed by atoms with Gasteiger partial charge in [-0.25, -0.2) is 17.6 Å². The first-order valence-corrected chi connectivity index (χ1v) is 7.50. The van der Waals surface area contributed by atoms with Gasteiger partial charge in [0.2, 0.25) is 0 Å². The summed E-state index contributed by atoms with van der Waals surface area (Å²) in [6.07, 6.45) is 0. The maximum absolute atomic E-state index is 13.6. The van der Waals surface area contributed by atoms with E-state index >= 15 is 0 Å². The van der Waals surface area contributed by atoms with Crippen LogP contribution in [0, 0.1) is 37.1 Å². The largest absolute Gasteiger partial charge is 0.454 e. The molecular formula is C17H13F4N3O2. The number of aryl methyl sites for hydroxylation is 2. The number of benzene rings is 1. The number of rotatable bonds is 4. The molecule has 1 amide bonds. The zero-order chi connectivity index (χ0) is 19.0. The van der Waals surface area contributed by atoms with Crippen LogP contribution in [0.15, 0.2) is 28.7 Å². The van der Waals surface area contributed by atoms with E-state index in [1.807, 2.05) is 19.9 Å². The van der Waals surface area contributed by atoms with Crippen LogP contribution >= 0.6 is 0 Å². The number of hydrogen-bond donors (Lipinski definition) is 1. The maximum atomic E-state index is 13.6. The molecule has 0 fully saturated rings. The van der Waals surface area contributed by atoms with Gasteiger partial charge in [0, 0.05) is 11.8 Å². The first kappa shape index (κ1) is 17.7. The molecule has 0 saturated heterocycles. The summed E-state index contributed by atoms with van der Waals surface area (Å²) < 4.78 is 60.6. The van der Waals surface area contributed by atoms with Crippen LogP contribution in [0.4, 0.5) is 23.2 Å². The molecule has 3 rings (SSSR count). The van der Waals surface area contributed by atoms with Crippen molar-refractivity contribution in [1.29, 1.82) is 0 Å². The van der Waals surface area contributed by atoms with Gasteiger partial charge in [0.25, 0.3) is 5.91 Å². The number of aromatic nitrogens is 2. The Balaban J connectivity index is 1.80. The third kappa shape index (κ3) is 3.32. The minimum Gasteiger partial charge on any atom is -0.454 e. The number of nitrogens with zero attached hydrogens (tertiary/aromatic N) is 2. The van der Waals surface area contributed by atoms with E-state index in [0.717, 1.165) is 11.4 Å². The zero-order valence-electron chi connectivity index (χ0n) is 13.7. The molecule has 1 aromatic carbocycles. The van der Waals surface area contributed by atoms with Gasteiger partial charge in [-0.05, 0) is 32.0 Å². The topological polar surface area (TPSA) is 60.1 Å². The van der Waals surface area contributed by atoms with Crippen molar-refractivity contribution in [3.63, 3.8) is 0 Å². The number of halogens is 4. The molecule has 2 heterocycles. The molecule has 136 valence electrons. The quantitative estimate of drug-likeness (QED) is 0.561. The Morgan fingerprint density at radius 1 is 1.12 bits per heavy atom. The van der Waals surface area contributed by atoms with Crippen molar-refractivity contribution in [2.75, 3.05) is 5.32 Å². The van der Waals surface area contributed by atoms with E-state index in [0.29, 0.717) is 5.76 Å². The van der Waals surface area contributed by atoms with Crippen molar-refractivity contribution >= 4 is 11.6 Å². The zero-order valence-corrected chi connectivity index (χ0v) is 13.7. The van der Waals surface area contributed by atoms with E-state index in [9.17, 15) is 22.4 Å². The fourth-order valence-electron chi connectivity index (χ4n) is 2.43. The van der Waals surface area contributed by atoms with Gasteiger partial charge in [-0.2, -0.15) is 5.10 Å². The predicted octanol–water partition coefficient (Wildman–Crippen LogP) is 3.95. The van der Waals surface area contributed by atoms with Gasteiger partial charge < -0.3 is 9.73 Å². The number of furan rings is 1. The standard InChI is InChI=1S/C17H13F4N3O2/c1-8-5-9(2)24(23-8)7-10-3-4-13(26-10)17(25)22-16-14(20)11(18)6-12(19)15(16)21/h3-6H,7H2,1-2H3,(H,22,25). The minimum absolute atomic E-state index is 0.0553. The lowest BCUT2D eigenvalue weighted by atomic mass is 10.2. The molecule has 0 aliphatic rings. The maximum Gasteiger partial charge on any atom is 0.291 e. The lowest BCUT2D eigenvalue weighted by Gasteiger charge is -2.07. The molecule has 3 aromatic rings. The molecule has 0 aliphatic heterocycles. The van der Waals surface area contributed by atoms with Crippen molar-refractivity contribution in [3.05, 3.63) is 70.4 Å². The van der Waals surface area contributed by atoms with Crippen LogP contribution in [0.25, 0.3) is 0 Å².